The maximum atomic E-state index is 12.2. The first-order valence-electron chi connectivity index (χ1n) is 6.59. The van der Waals surface area contributed by atoms with Crippen molar-refractivity contribution in [2.24, 2.45) is 5.73 Å². The summed E-state index contributed by atoms with van der Waals surface area (Å²) in [6.45, 7) is 2.79. The minimum absolute atomic E-state index is 0.0211. The van der Waals surface area contributed by atoms with Crippen LogP contribution < -0.4 is 11.1 Å². The van der Waals surface area contributed by atoms with Crippen molar-refractivity contribution >= 4 is 11.8 Å². The lowest BCUT2D eigenvalue weighted by Crippen LogP contribution is -2.52. The van der Waals surface area contributed by atoms with Crippen molar-refractivity contribution in [2.45, 2.75) is 37.8 Å². The summed E-state index contributed by atoms with van der Waals surface area (Å²) in [4.78, 5) is 25.2. The third kappa shape index (κ3) is 3.20. The third-order valence-electron chi connectivity index (χ3n) is 3.56. The van der Waals surface area contributed by atoms with E-state index in [1.165, 1.54) is 0 Å². The van der Waals surface area contributed by atoms with Crippen LogP contribution in [0.5, 0.6) is 0 Å². The standard InChI is InChI=1S/C12H21N3O3/c13-12(17)10-3-1-2-5-15(10)11(16)7-9-8-14-4-6-18-9/h9-10,14H,1-8H2,(H2,13,17). The van der Waals surface area contributed by atoms with Gasteiger partial charge in [0.05, 0.1) is 19.1 Å². The first kappa shape index (κ1) is 13.3. The van der Waals surface area contributed by atoms with Gasteiger partial charge in [-0.25, -0.2) is 0 Å². The van der Waals surface area contributed by atoms with Crippen molar-refractivity contribution in [3.05, 3.63) is 0 Å². The van der Waals surface area contributed by atoms with Gasteiger partial charge in [-0.2, -0.15) is 0 Å². The second-order valence-electron chi connectivity index (χ2n) is 4.90. The molecule has 2 amide bonds. The Morgan fingerprint density at radius 2 is 2.22 bits per heavy atom. The Bertz CT molecular complexity index is 316. The molecule has 6 nitrogen and oxygen atoms in total. The minimum atomic E-state index is -0.428. The molecule has 2 heterocycles. The van der Waals surface area contributed by atoms with Crippen LogP contribution in [0.4, 0.5) is 0 Å². The summed E-state index contributed by atoms with van der Waals surface area (Å²) >= 11 is 0. The fourth-order valence-electron chi connectivity index (χ4n) is 2.59. The predicted molar refractivity (Wildman–Crippen MR) is 65.8 cm³/mol. The van der Waals surface area contributed by atoms with Crippen molar-refractivity contribution in [2.75, 3.05) is 26.2 Å². The van der Waals surface area contributed by atoms with Crippen molar-refractivity contribution in [1.29, 1.82) is 0 Å². The quantitative estimate of drug-likeness (QED) is 0.693. The van der Waals surface area contributed by atoms with Crippen LogP contribution in [-0.2, 0) is 14.3 Å². The molecule has 2 unspecified atom stereocenters. The average Bonchev–Trinajstić information content (AvgIpc) is 2.40. The molecular formula is C12H21N3O3. The maximum Gasteiger partial charge on any atom is 0.240 e. The topological polar surface area (TPSA) is 84.7 Å². The van der Waals surface area contributed by atoms with E-state index in [-0.39, 0.29) is 12.0 Å². The molecule has 6 heteroatoms. The monoisotopic (exact) mass is 255 g/mol. The Morgan fingerprint density at radius 1 is 1.39 bits per heavy atom. The number of amides is 2. The number of nitrogens with one attached hydrogen (secondary N) is 1. The van der Waals surface area contributed by atoms with Gasteiger partial charge >= 0.3 is 0 Å². The normalized spacial score (nSPS) is 29.0. The van der Waals surface area contributed by atoms with Crippen LogP contribution in [0.25, 0.3) is 0 Å². The van der Waals surface area contributed by atoms with E-state index in [0.717, 1.165) is 19.4 Å². The van der Waals surface area contributed by atoms with Gasteiger partial charge in [-0.05, 0) is 19.3 Å². The molecule has 0 spiro atoms. The van der Waals surface area contributed by atoms with E-state index >= 15 is 0 Å². The van der Waals surface area contributed by atoms with Crippen LogP contribution in [0.3, 0.4) is 0 Å². The summed E-state index contributed by atoms with van der Waals surface area (Å²) in [7, 11) is 0. The molecule has 0 radical (unpaired) electrons. The molecule has 0 aromatic heterocycles. The zero-order valence-electron chi connectivity index (χ0n) is 10.6. The number of hydrogen-bond acceptors (Lipinski definition) is 4. The molecule has 2 atom stereocenters. The van der Waals surface area contributed by atoms with E-state index in [1.54, 1.807) is 4.90 Å². The smallest absolute Gasteiger partial charge is 0.240 e. The summed E-state index contributed by atoms with van der Waals surface area (Å²) in [5.74, 6) is -0.419. The maximum absolute atomic E-state index is 12.2. The number of likely N-dealkylation sites (tertiary alicyclic amines) is 1. The Balaban J connectivity index is 1.91. The molecule has 2 aliphatic heterocycles. The van der Waals surface area contributed by atoms with E-state index in [2.05, 4.69) is 5.32 Å². The van der Waals surface area contributed by atoms with Crippen LogP contribution in [0.15, 0.2) is 0 Å². The molecule has 0 aromatic carbocycles. The minimum Gasteiger partial charge on any atom is -0.375 e. The van der Waals surface area contributed by atoms with E-state index in [9.17, 15) is 9.59 Å². The van der Waals surface area contributed by atoms with Gasteiger partial charge in [-0.15, -0.1) is 0 Å². The fourth-order valence-corrected chi connectivity index (χ4v) is 2.59. The summed E-state index contributed by atoms with van der Waals surface area (Å²) < 4.78 is 5.51. The number of carbonyl (C=O) groups is 2. The van der Waals surface area contributed by atoms with E-state index in [1.807, 2.05) is 0 Å². The highest BCUT2D eigenvalue weighted by Gasteiger charge is 2.31. The van der Waals surface area contributed by atoms with Crippen LogP contribution in [0, 0.1) is 0 Å². The zero-order chi connectivity index (χ0) is 13.0. The van der Waals surface area contributed by atoms with Gasteiger partial charge < -0.3 is 20.7 Å². The van der Waals surface area contributed by atoms with Gasteiger partial charge in [0.15, 0.2) is 0 Å². The lowest BCUT2D eigenvalue weighted by Gasteiger charge is -2.35. The van der Waals surface area contributed by atoms with Crippen molar-refractivity contribution in [3.8, 4) is 0 Å². The zero-order valence-corrected chi connectivity index (χ0v) is 10.6. The number of hydrogen-bond donors (Lipinski definition) is 2. The molecule has 0 saturated carbocycles. The van der Waals surface area contributed by atoms with Crippen LogP contribution >= 0.6 is 0 Å². The number of nitrogens with zero attached hydrogens (tertiary/aromatic N) is 1. The highest BCUT2D eigenvalue weighted by atomic mass is 16.5. The fraction of sp³-hybridized carbons (Fsp3) is 0.833. The second-order valence-corrected chi connectivity index (χ2v) is 4.90. The summed E-state index contributed by atoms with van der Waals surface area (Å²) in [6.07, 6.45) is 2.83. The molecule has 0 aromatic rings. The molecule has 0 aliphatic carbocycles. The Morgan fingerprint density at radius 3 is 2.89 bits per heavy atom. The number of ether oxygens (including phenoxy) is 1. The molecule has 2 aliphatic rings. The van der Waals surface area contributed by atoms with Crippen molar-refractivity contribution < 1.29 is 14.3 Å². The van der Waals surface area contributed by atoms with Gasteiger partial charge in [-0.1, -0.05) is 0 Å². The molecule has 2 fully saturated rings. The molecule has 2 saturated heterocycles. The molecular weight excluding hydrogens is 234 g/mol. The van der Waals surface area contributed by atoms with Gasteiger partial charge in [0.1, 0.15) is 6.04 Å². The van der Waals surface area contributed by atoms with Crippen LogP contribution in [0.2, 0.25) is 0 Å². The number of carbonyl (C=O) groups excluding carboxylic acids is 2. The van der Waals surface area contributed by atoms with Crippen molar-refractivity contribution in [1.82, 2.24) is 10.2 Å². The molecule has 102 valence electrons. The van der Waals surface area contributed by atoms with Gasteiger partial charge in [-0.3, -0.25) is 9.59 Å². The molecule has 2 rings (SSSR count). The summed E-state index contributed by atoms with van der Waals surface area (Å²) in [5.41, 5.74) is 5.35. The highest BCUT2D eigenvalue weighted by molar-refractivity contribution is 5.87. The van der Waals surface area contributed by atoms with Crippen LogP contribution in [0.1, 0.15) is 25.7 Å². The van der Waals surface area contributed by atoms with E-state index < -0.39 is 11.9 Å². The Labute approximate surface area is 107 Å². The first-order chi connectivity index (χ1) is 8.68. The Hall–Kier alpha value is -1.14. The average molecular weight is 255 g/mol. The second kappa shape index (κ2) is 6.15. The molecule has 3 N–H and O–H groups in total. The first-order valence-corrected chi connectivity index (χ1v) is 6.59. The number of primary amides is 1. The lowest BCUT2D eigenvalue weighted by atomic mass is 10.0. The highest BCUT2D eigenvalue weighted by Crippen LogP contribution is 2.18. The SMILES string of the molecule is NC(=O)C1CCCCN1C(=O)CC1CNCCO1. The van der Waals surface area contributed by atoms with Gasteiger partial charge in [0, 0.05) is 19.6 Å². The van der Waals surface area contributed by atoms with Crippen LogP contribution in [-0.4, -0.2) is 55.1 Å². The van der Waals surface area contributed by atoms with Crippen molar-refractivity contribution in [3.63, 3.8) is 0 Å². The lowest BCUT2D eigenvalue weighted by molar-refractivity contribution is -0.143. The molecule has 0 bridgehead atoms. The van der Waals surface area contributed by atoms with Gasteiger partial charge in [0.25, 0.3) is 0 Å². The Kier molecular flexibility index (Phi) is 4.54. The number of piperidine rings is 1. The third-order valence-corrected chi connectivity index (χ3v) is 3.56. The van der Waals surface area contributed by atoms with E-state index in [4.69, 9.17) is 10.5 Å². The van der Waals surface area contributed by atoms with E-state index in [0.29, 0.717) is 32.5 Å². The molecule has 18 heavy (non-hydrogen) atoms. The largest absolute Gasteiger partial charge is 0.375 e. The van der Waals surface area contributed by atoms with Gasteiger partial charge in [0.2, 0.25) is 11.8 Å². The summed E-state index contributed by atoms with van der Waals surface area (Å²) in [6, 6.07) is -0.428. The number of rotatable bonds is 3. The summed E-state index contributed by atoms with van der Waals surface area (Å²) in [5, 5.41) is 3.19. The number of nitrogens with two attached hydrogens (primary N) is 1. The number of morpholine rings is 1. The predicted octanol–water partition coefficient (Wildman–Crippen LogP) is -0.769.